The molecule has 2 unspecified atom stereocenters. The Morgan fingerprint density at radius 1 is 1.43 bits per heavy atom. The number of halogens is 1. The lowest BCUT2D eigenvalue weighted by Gasteiger charge is -2.50. The molecule has 16 heteroatoms. The first-order chi connectivity index (χ1) is 17.7. The number of nitrogens with two attached hydrogens (primary N) is 1. The highest BCUT2D eigenvalue weighted by molar-refractivity contribution is 8.00. The fourth-order valence-corrected chi connectivity index (χ4v) is 6.48. The molecule has 37 heavy (non-hydrogen) atoms. The van der Waals surface area contributed by atoms with Gasteiger partial charge in [0.2, 0.25) is 0 Å². The zero-order valence-electron chi connectivity index (χ0n) is 19.4. The number of carboxylic acid groups (broad SMARTS) is 1. The third-order valence-electron chi connectivity index (χ3n) is 5.85. The van der Waals surface area contributed by atoms with Crippen molar-refractivity contribution in [3.05, 3.63) is 51.5 Å². The van der Waals surface area contributed by atoms with Gasteiger partial charge in [-0.25, -0.2) is 9.55 Å². The number of aryl methyl sites for hydroxylation is 1. The minimum absolute atomic E-state index is 0.0155. The van der Waals surface area contributed by atoms with Gasteiger partial charge in [0.25, 0.3) is 23.8 Å². The highest BCUT2D eigenvalue weighted by atomic mass is 35.5. The summed E-state index contributed by atoms with van der Waals surface area (Å²) in [5, 5.41) is 22.2. The van der Waals surface area contributed by atoms with E-state index in [4.69, 9.17) is 22.2 Å². The molecule has 0 aliphatic carbocycles. The van der Waals surface area contributed by atoms with Gasteiger partial charge in [-0.1, -0.05) is 38.7 Å². The Labute approximate surface area is 222 Å². The lowest BCUT2D eigenvalue weighted by molar-refractivity contribution is -0.664. The number of rotatable bonds is 7. The number of carboxylic acids is 1. The standard InChI is InChI=1S/C21H19ClN8O5S2/c1-9-4-3-5-11-28(8-24-30(9)11)6-10-7-36-19-14(18(32)29(19)15(10)20(33)34)25-17(31)13(27-35-2)12-16(22)37-21(23)26-12/h3-5,8,14,19H,6-7H2,1-2H3,(H3-,23,25,26,31,33,34)/b27-13+. The van der Waals surface area contributed by atoms with Crippen LogP contribution >= 0.6 is 34.7 Å². The Kier molecular flexibility index (Phi) is 6.51. The SMILES string of the molecule is CO/N=C(/C(=O)NC1C(=O)N2C(C(=O)[O-])=C(C[n+]3cnn4c(C)cccc43)CSC12)c1nc(N)sc1Cl. The minimum atomic E-state index is -1.47. The van der Waals surface area contributed by atoms with E-state index in [2.05, 4.69) is 20.6 Å². The average molecular weight is 563 g/mol. The maximum atomic E-state index is 13.1. The number of carbonyl (C=O) groups excluding carboxylic acids is 3. The van der Waals surface area contributed by atoms with Crippen LogP contribution in [0, 0.1) is 6.92 Å². The predicted molar refractivity (Wildman–Crippen MR) is 132 cm³/mol. The number of amides is 2. The fraction of sp³-hybridized carbons (Fsp3) is 0.286. The van der Waals surface area contributed by atoms with Crippen LogP contribution in [0.1, 0.15) is 11.4 Å². The molecule has 3 aromatic rings. The van der Waals surface area contributed by atoms with Gasteiger partial charge in [-0.3, -0.25) is 14.5 Å². The molecule has 0 aromatic carbocycles. The van der Waals surface area contributed by atoms with E-state index in [0.717, 1.165) is 27.6 Å². The van der Waals surface area contributed by atoms with E-state index in [1.807, 2.05) is 25.1 Å². The lowest BCUT2D eigenvalue weighted by Crippen LogP contribution is -2.71. The second kappa shape index (κ2) is 9.64. The van der Waals surface area contributed by atoms with E-state index in [-0.39, 0.29) is 33.1 Å². The topological polar surface area (TPSA) is 171 Å². The van der Waals surface area contributed by atoms with Crippen molar-refractivity contribution in [3.63, 3.8) is 0 Å². The van der Waals surface area contributed by atoms with Crippen LogP contribution in [0.15, 0.2) is 41.0 Å². The number of anilines is 1. The third-order valence-corrected chi connectivity index (χ3v) is 8.27. The Balaban J connectivity index is 1.38. The summed E-state index contributed by atoms with van der Waals surface area (Å²) < 4.78 is 3.66. The van der Waals surface area contributed by atoms with E-state index >= 15 is 0 Å². The number of nitrogens with zero attached hydrogens (tertiary/aromatic N) is 6. The van der Waals surface area contributed by atoms with Gasteiger partial charge in [0.1, 0.15) is 34.2 Å². The van der Waals surface area contributed by atoms with Gasteiger partial charge >= 0.3 is 0 Å². The molecule has 0 radical (unpaired) electrons. The lowest BCUT2D eigenvalue weighted by atomic mass is 10.0. The summed E-state index contributed by atoms with van der Waals surface area (Å²) in [5.74, 6) is -2.54. The molecule has 0 spiro atoms. The van der Waals surface area contributed by atoms with Crippen LogP contribution in [0.25, 0.3) is 5.65 Å². The maximum absolute atomic E-state index is 13.1. The Morgan fingerprint density at radius 3 is 2.89 bits per heavy atom. The van der Waals surface area contributed by atoms with Crippen molar-refractivity contribution in [2.45, 2.75) is 24.9 Å². The minimum Gasteiger partial charge on any atom is -0.543 e. The summed E-state index contributed by atoms with van der Waals surface area (Å²) in [6.07, 6.45) is 1.60. The number of aromatic nitrogens is 4. The average Bonchev–Trinajstić information content (AvgIpc) is 3.43. The zero-order valence-corrected chi connectivity index (χ0v) is 21.8. The highest BCUT2D eigenvalue weighted by Gasteiger charge is 2.53. The van der Waals surface area contributed by atoms with Gasteiger partial charge in [0, 0.05) is 16.9 Å². The van der Waals surface area contributed by atoms with Gasteiger partial charge in [0.15, 0.2) is 10.8 Å². The van der Waals surface area contributed by atoms with Crippen molar-refractivity contribution in [3.8, 4) is 0 Å². The number of nitrogen functional groups attached to an aromatic ring is 1. The van der Waals surface area contributed by atoms with E-state index in [1.165, 1.54) is 18.9 Å². The number of thioether (sulfide) groups is 1. The highest BCUT2D eigenvalue weighted by Crippen LogP contribution is 2.40. The van der Waals surface area contributed by atoms with Crippen molar-refractivity contribution in [2.24, 2.45) is 5.16 Å². The molecule has 3 N–H and O–H groups in total. The zero-order chi connectivity index (χ0) is 26.4. The number of aliphatic carboxylic acids is 1. The quantitative estimate of drug-likeness (QED) is 0.160. The van der Waals surface area contributed by atoms with Crippen molar-refractivity contribution in [1.82, 2.24) is 24.8 Å². The number of carbonyl (C=O) groups is 3. The molecule has 13 nitrogen and oxygen atoms in total. The van der Waals surface area contributed by atoms with Gasteiger partial charge in [-0.05, 0) is 18.6 Å². The van der Waals surface area contributed by atoms with Crippen LogP contribution in [0.5, 0.6) is 0 Å². The molecule has 1 saturated heterocycles. The first-order valence-corrected chi connectivity index (χ1v) is 13.0. The third kappa shape index (κ3) is 4.28. The number of hydrogen-bond donors (Lipinski definition) is 2. The van der Waals surface area contributed by atoms with Crippen LogP contribution in [-0.4, -0.2) is 67.3 Å². The normalized spacial score (nSPS) is 19.6. The molecule has 0 bridgehead atoms. The van der Waals surface area contributed by atoms with Gasteiger partial charge in [0.05, 0.1) is 18.2 Å². The first kappa shape index (κ1) is 25.0. The number of fused-ring (bicyclic) bond motifs is 2. The van der Waals surface area contributed by atoms with E-state index in [0.29, 0.717) is 11.3 Å². The van der Waals surface area contributed by atoms with Crippen LogP contribution in [0.2, 0.25) is 4.34 Å². The number of nitrogens with one attached hydrogen (secondary N) is 1. The number of hydrogen-bond acceptors (Lipinski definition) is 11. The summed E-state index contributed by atoms with van der Waals surface area (Å²) in [5.41, 5.74) is 7.38. The largest absolute Gasteiger partial charge is 0.543 e. The van der Waals surface area contributed by atoms with Crippen molar-refractivity contribution in [1.29, 1.82) is 0 Å². The molecule has 5 rings (SSSR count). The summed E-state index contributed by atoms with van der Waals surface area (Å²) >= 11 is 8.39. The van der Waals surface area contributed by atoms with E-state index < -0.39 is 29.2 Å². The second-order valence-corrected chi connectivity index (χ2v) is 10.8. The van der Waals surface area contributed by atoms with Gasteiger partial charge < -0.3 is 25.8 Å². The molecule has 1 fully saturated rings. The number of oxime groups is 1. The van der Waals surface area contributed by atoms with Crippen molar-refractivity contribution >= 4 is 69.0 Å². The molecule has 192 valence electrons. The van der Waals surface area contributed by atoms with Gasteiger partial charge in [-0.2, -0.15) is 0 Å². The molecule has 5 heterocycles. The fourth-order valence-electron chi connectivity index (χ4n) is 4.21. The summed E-state index contributed by atoms with van der Waals surface area (Å²) in [7, 11) is 1.24. The molecule has 0 saturated carbocycles. The van der Waals surface area contributed by atoms with Crippen LogP contribution in [-0.2, 0) is 25.8 Å². The van der Waals surface area contributed by atoms with Crippen LogP contribution < -0.4 is 20.7 Å². The second-order valence-electron chi connectivity index (χ2n) is 8.09. The monoisotopic (exact) mass is 562 g/mol. The Morgan fingerprint density at radius 2 is 2.22 bits per heavy atom. The van der Waals surface area contributed by atoms with E-state index in [1.54, 1.807) is 15.4 Å². The van der Waals surface area contributed by atoms with Crippen LogP contribution in [0.4, 0.5) is 5.13 Å². The molecule has 2 aliphatic heterocycles. The molecule has 2 amide bonds. The van der Waals surface area contributed by atoms with Crippen LogP contribution in [0.3, 0.4) is 0 Å². The maximum Gasteiger partial charge on any atom is 0.276 e. The number of thiazole rings is 1. The predicted octanol–water partition coefficient (Wildman–Crippen LogP) is -0.923. The number of pyridine rings is 1. The van der Waals surface area contributed by atoms with Crippen molar-refractivity contribution < 1.29 is 28.9 Å². The van der Waals surface area contributed by atoms with Gasteiger partial charge in [-0.15, -0.1) is 11.8 Å². The van der Waals surface area contributed by atoms with Crippen molar-refractivity contribution in [2.75, 3.05) is 18.6 Å². The Hall–Kier alpha value is -3.69. The molecule has 2 atom stereocenters. The van der Waals surface area contributed by atoms with E-state index in [9.17, 15) is 19.5 Å². The smallest absolute Gasteiger partial charge is 0.276 e. The molecule has 2 aliphatic rings. The summed E-state index contributed by atoms with van der Waals surface area (Å²) in [4.78, 5) is 48.1. The molecular formula is C21H19ClN8O5S2. The summed E-state index contributed by atoms with van der Waals surface area (Å²) in [6, 6.07) is 4.64. The number of β-lactam (4-membered cyclic amide) rings is 1. The molecular weight excluding hydrogens is 544 g/mol. The molecule has 3 aromatic heterocycles. The summed E-state index contributed by atoms with van der Waals surface area (Å²) in [6.45, 7) is 2.11. The Bertz CT molecular complexity index is 1520. The first-order valence-electron chi connectivity index (χ1n) is 10.8.